The first-order valence-corrected chi connectivity index (χ1v) is 48.2. The third-order valence-corrected chi connectivity index (χ3v) is 31.5. The largest absolute Gasteiger partial charge is 0.456 e. The van der Waals surface area contributed by atoms with E-state index < -0.39 is 0 Å². The fourth-order valence-corrected chi connectivity index (χ4v) is 25.1. The summed E-state index contributed by atoms with van der Waals surface area (Å²) < 4.78 is 37.0. The zero-order valence-electron chi connectivity index (χ0n) is 74.8. The maximum atomic E-state index is 7.19. The van der Waals surface area contributed by atoms with Gasteiger partial charge < -0.3 is 35.6 Å². The van der Waals surface area contributed by atoms with Crippen LogP contribution in [0.15, 0.2) is 442 Å². The van der Waals surface area contributed by atoms with Gasteiger partial charge in [0.15, 0.2) is 0 Å². The van der Waals surface area contributed by atoms with Gasteiger partial charge in [0.05, 0.1) is 55.2 Å². The normalized spacial score (nSPS) is 12.7. The molecule has 0 radical (unpaired) electrons. The zero-order valence-corrected chi connectivity index (χ0v) is 74.8. The molecule has 34 rings (SSSR count). The second-order valence-electron chi connectivity index (χ2n) is 38.9. The minimum absolute atomic E-state index is 0.853. The lowest BCUT2D eigenvalue weighted by Gasteiger charge is -2.10. The molecule has 10 aromatic heterocycles. The number of benzene rings is 24. The van der Waals surface area contributed by atoms with Crippen LogP contribution in [0.25, 0.3) is 339 Å². The number of aromatic nitrogens is 4. The fraction of sp³-hybridized carbons (Fsp3) is 0. The van der Waals surface area contributed by atoms with Crippen molar-refractivity contribution in [3.05, 3.63) is 425 Å². The highest BCUT2D eigenvalue weighted by molar-refractivity contribution is 6.39. The lowest BCUT2D eigenvalue weighted by atomic mass is 9.96. The van der Waals surface area contributed by atoms with E-state index >= 15 is 0 Å². The zero-order chi connectivity index (χ0) is 90.4. The third kappa shape index (κ3) is 10.1. The summed E-state index contributed by atoms with van der Waals surface area (Å²) in [7, 11) is 0. The Morgan fingerprint density at radius 1 is 0.129 bits per heavy atom. The van der Waals surface area contributed by atoms with Gasteiger partial charge in [0.1, 0.15) is 44.7 Å². The van der Waals surface area contributed by atoms with Crippen molar-refractivity contribution in [2.45, 2.75) is 0 Å². The van der Waals surface area contributed by atoms with Crippen LogP contribution in [0.3, 0.4) is 0 Å². The molecule has 0 amide bonds. The van der Waals surface area contributed by atoms with Crippen LogP contribution in [0.5, 0.6) is 0 Å². The molecule has 34 aromatic rings. The van der Waals surface area contributed by atoms with Crippen LogP contribution in [0.1, 0.15) is 0 Å². The number of nitrogens with zero attached hydrogens (tertiary/aromatic N) is 4. The van der Waals surface area contributed by atoms with Gasteiger partial charge in [-0.1, -0.05) is 212 Å². The Balaban J connectivity index is 0.489. The van der Waals surface area contributed by atoms with Crippen molar-refractivity contribution in [3.8, 4) is 67.0 Å². The van der Waals surface area contributed by atoms with Crippen molar-refractivity contribution >= 4 is 272 Å². The quantitative estimate of drug-likeness (QED) is 0.159. The lowest BCUT2D eigenvalue weighted by Crippen LogP contribution is -1.93. The van der Waals surface area contributed by atoms with Crippen LogP contribution < -0.4 is 0 Å². The Labute approximate surface area is 793 Å². The van der Waals surface area contributed by atoms with E-state index in [-0.39, 0.29) is 0 Å². The predicted octanol–water partition coefficient (Wildman–Crippen LogP) is 37.0. The van der Waals surface area contributed by atoms with E-state index in [1.54, 1.807) is 0 Å². The van der Waals surface area contributed by atoms with Crippen LogP contribution >= 0.6 is 0 Å². The van der Waals surface area contributed by atoms with Gasteiger partial charge in [0, 0.05) is 119 Å². The molecule has 642 valence electrons. The smallest absolute Gasteiger partial charge is 0.136 e. The van der Waals surface area contributed by atoms with Crippen LogP contribution in [0.4, 0.5) is 0 Å². The van der Waals surface area contributed by atoms with Crippen LogP contribution in [0, 0.1) is 0 Å². The topological polar surface area (TPSA) is 71.2 Å². The summed E-state index contributed by atoms with van der Waals surface area (Å²) in [6.45, 7) is 0. The van der Waals surface area contributed by atoms with Crippen LogP contribution in [0.2, 0.25) is 0 Å². The molecule has 0 N–H and O–H groups in total. The van der Waals surface area contributed by atoms with Gasteiger partial charge >= 0.3 is 0 Å². The second kappa shape index (κ2) is 26.7. The first kappa shape index (κ1) is 73.7. The van der Waals surface area contributed by atoms with Gasteiger partial charge in [0.25, 0.3) is 0 Å². The number of hydrogen-bond acceptors (Lipinski definition) is 4. The summed E-state index contributed by atoms with van der Waals surface area (Å²) in [5.41, 5.74) is 32.6. The van der Waals surface area contributed by atoms with Gasteiger partial charge in [-0.15, -0.1) is 0 Å². The van der Waals surface area contributed by atoms with Gasteiger partial charge in [-0.05, 0) is 333 Å². The van der Waals surface area contributed by atoms with Crippen molar-refractivity contribution in [1.29, 1.82) is 0 Å². The molecule has 10 heterocycles. The first-order chi connectivity index (χ1) is 69.3. The number of rotatable bonds is 7. The van der Waals surface area contributed by atoms with Crippen molar-refractivity contribution < 1.29 is 17.7 Å². The highest BCUT2D eigenvalue weighted by Gasteiger charge is 2.30. The Morgan fingerprint density at radius 2 is 0.421 bits per heavy atom. The molecule has 0 fully saturated rings. The Bertz CT molecular complexity index is 11700. The number of para-hydroxylation sites is 4. The molecule has 8 heteroatoms. The molecule has 24 aromatic carbocycles. The predicted molar refractivity (Wildman–Crippen MR) is 586 cm³/mol. The Kier molecular flexibility index (Phi) is 14.0. The Morgan fingerprint density at radius 3 is 0.893 bits per heavy atom. The summed E-state index contributed by atoms with van der Waals surface area (Å²) in [5.74, 6) is 0. The van der Waals surface area contributed by atoms with E-state index in [9.17, 15) is 0 Å². The summed E-state index contributed by atoms with van der Waals surface area (Å²) in [4.78, 5) is 0. The van der Waals surface area contributed by atoms with E-state index in [4.69, 9.17) is 17.7 Å². The van der Waals surface area contributed by atoms with E-state index in [0.717, 1.165) is 176 Å². The minimum atomic E-state index is 0.853. The van der Waals surface area contributed by atoms with E-state index in [1.165, 1.54) is 163 Å². The first-order valence-electron chi connectivity index (χ1n) is 48.2. The van der Waals surface area contributed by atoms with Crippen LogP contribution in [-0.2, 0) is 0 Å². The molecular formula is C132H70N4O4. The number of hydrogen-bond donors (Lipinski definition) is 0. The van der Waals surface area contributed by atoms with E-state index in [0.29, 0.717) is 0 Å². The average molecular weight is 1780 g/mol. The molecular weight excluding hydrogens is 1710 g/mol. The van der Waals surface area contributed by atoms with Crippen molar-refractivity contribution in [2.24, 2.45) is 0 Å². The Hall–Kier alpha value is -18.8. The van der Waals surface area contributed by atoms with Crippen LogP contribution in [-0.4, -0.2) is 17.9 Å². The average Bonchev–Trinajstić information content (AvgIpc) is 1.52. The summed E-state index contributed by atoms with van der Waals surface area (Å²) >= 11 is 0. The summed E-state index contributed by atoms with van der Waals surface area (Å²) in [5, 5.41) is 37.5. The van der Waals surface area contributed by atoms with E-state index in [1.807, 2.05) is 0 Å². The standard InChI is InChI=1S/C132H70N4O4/c1-2-18-93(19-3-1)133-111-23-11-8-20-95(111)98-52-81(36-43-113(98)133)77-28-32-87-60-108-117(65-91(87)49-77)135-115-63-89-48-76(26-30-85(89)54-100(115)106-69-125-127(129(108)131(106)135)97-22-10-13-25-119(97)139-125)82-37-44-114-99(53-82)96-21-9-12-24-112(96)134(114)94-41-34-71(35-42-94)80-38-47-122-110(62-80)128-126(140-122)70-107-101-55-86-31-27-78(83-39-45-120-102(58-83)104-56-72-14-4-6-16-74(72)67-123(104)137-120)50-90(86)64-116(101)136-118-66-92-51-79(29-33-88(92)61-109(118)130(128)132(107)136)84-40-46-121-103(59-84)105-57-73-15-5-7-17-75(73)68-124(105)138-121/h1-70H. The molecule has 0 bridgehead atoms. The lowest BCUT2D eigenvalue weighted by molar-refractivity contribution is 0.669. The molecule has 0 aliphatic rings. The molecule has 8 nitrogen and oxygen atoms in total. The van der Waals surface area contributed by atoms with E-state index in [2.05, 4.69) is 443 Å². The van der Waals surface area contributed by atoms with Gasteiger partial charge in [-0.2, -0.15) is 0 Å². The molecule has 140 heavy (non-hydrogen) atoms. The molecule has 0 unspecified atom stereocenters. The molecule has 0 atom stereocenters. The number of furan rings is 4. The highest BCUT2D eigenvalue weighted by atomic mass is 16.3. The van der Waals surface area contributed by atoms with Crippen molar-refractivity contribution in [2.75, 3.05) is 0 Å². The maximum Gasteiger partial charge on any atom is 0.136 e. The van der Waals surface area contributed by atoms with Gasteiger partial charge in [-0.25, -0.2) is 0 Å². The van der Waals surface area contributed by atoms with Gasteiger partial charge in [-0.3, -0.25) is 0 Å². The highest BCUT2D eigenvalue weighted by Crippen LogP contribution is 2.53. The van der Waals surface area contributed by atoms with Crippen molar-refractivity contribution in [1.82, 2.24) is 17.9 Å². The summed E-state index contributed by atoms with van der Waals surface area (Å²) in [6.07, 6.45) is 0. The molecule has 0 aliphatic heterocycles. The molecule has 0 saturated heterocycles. The van der Waals surface area contributed by atoms with Gasteiger partial charge in [0.2, 0.25) is 0 Å². The molecule has 0 saturated carbocycles. The number of fused-ring (bicyclic) bond motifs is 38. The molecule has 0 aliphatic carbocycles. The minimum Gasteiger partial charge on any atom is -0.456 e. The third-order valence-electron chi connectivity index (χ3n) is 31.5. The monoisotopic (exact) mass is 1770 g/mol. The summed E-state index contributed by atoms with van der Waals surface area (Å²) in [6, 6.07) is 158. The fourth-order valence-electron chi connectivity index (χ4n) is 25.1. The maximum absolute atomic E-state index is 7.19. The molecule has 0 spiro atoms. The SMILES string of the molecule is c1ccc(-n2c3ccccc3c3cc(-c4ccc5cc6c7c8c(cc9c%10cc%11ccc(-c%12ccc%13c(c%12)c%12ccccc%12n%13-c%12ccc(-c%13ccc%14oc%15cc%16c%17cc%18ccc(-c%19ccc%20oc%21cc%22ccccc%22cc%21c%20c%19)cc%18cc%17n%17c%18cc%19cc(-c%20ccc%21oc%22cc%23ccccc%23cc%22c%21c%20)ccc%19cc%18c(c%15c%14c%13)c%16%17)cc%12)cc%11cc%10n(c6cc5c4)c97)oc4ccccc48)ccc32)cc1. The van der Waals surface area contributed by atoms with Crippen molar-refractivity contribution in [3.63, 3.8) is 0 Å². The second-order valence-corrected chi connectivity index (χ2v) is 38.9.